The van der Waals surface area contributed by atoms with Gasteiger partial charge in [0.05, 0.1) is 6.61 Å². The number of hydrogen-bond donors (Lipinski definition) is 0. The number of hydrogen-bond acceptors (Lipinski definition) is 2. The fourth-order valence-electron chi connectivity index (χ4n) is 2.54. The van der Waals surface area contributed by atoms with E-state index < -0.39 is 11.8 Å². The largest absolute Gasteiger partial charge is 0.476 e. The second-order valence-electron chi connectivity index (χ2n) is 5.43. The van der Waals surface area contributed by atoms with Crippen molar-refractivity contribution < 1.29 is 13.5 Å². The minimum Gasteiger partial charge on any atom is -0.476 e. The number of aromatic nitrogens is 1. The summed E-state index contributed by atoms with van der Waals surface area (Å²) in [6.07, 6.45) is 4.26. The van der Waals surface area contributed by atoms with Crippen LogP contribution >= 0.6 is 27.5 Å². The highest BCUT2D eigenvalue weighted by atomic mass is 79.9. The van der Waals surface area contributed by atoms with Crippen molar-refractivity contribution in [3.05, 3.63) is 21.8 Å². The molecule has 1 aliphatic carbocycles. The zero-order chi connectivity index (χ0) is 14.8. The van der Waals surface area contributed by atoms with Crippen LogP contribution in [-0.4, -0.2) is 17.5 Å². The van der Waals surface area contributed by atoms with Crippen LogP contribution in [0.1, 0.15) is 32.6 Å². The lowest BCUT2D eigenvalue weighted by atomic mass is 9.80. The van der Waals surface area contributed by atoms with Gasteiger partial charge in [-0.15, -0.1) is 0 Å². The van der Waals surface area contributed by atoms with Crippen LogP contribution in [0, 0.1) is 11.8 Å². The SMILES string of the molecule is CC(F)(F)C1CCC(COc2ncc(Br)cc2Cl)CC1. The summed E-state index contributed by atoms with van der Waals surface area (Å²) in [6.45, 7) is 1.50. The maximum absolute atomic E-state index is 13.2. The third-order valence-corrected chi connectivity index (χ3v) is 4.50. The van der Waals surface area contributed by atoms with E-state index in [4.69, 9.17) is 16.3 Å². The molecule has 1 fully saturated rings. The lowest BCUT2D eigenvalue weighted by molar-refractivity contribution is -0.0596. The summed E-state index contributed by atoms with van der Waals surface area (Å²) < 4.78 is 32.8. The summed E-state index contributed by atoms with van der Waals surface area (Å²) in [4.78, 5) is 4.10. The van der Waals surface area contributed by atoms with Crippen LogP contribution in [-0.2, 0) is 0 Å². The quantitative estimate of drug-likeness (QED) is 0.716. The zero-order valence-corrected chi connectivity index (χ0v) is 13.6. The van der Waals surface area contributed by atoms with Gasteiger partial charge in [-0.2, -0.15) is 0 Å². The second-order valence-corrected chi connectivity index (χ2v) is 6.75. The molecule has 1 aromatic rings. The van der Waals surface area contributed by atoms with Crippen LogP contribution in [0.25, 0.3) is 0 Å². The number of pyridine rings is 1. The summed E-state index contributed by atoms with van der Waals surface area (Å²) >= 11 is 9.29. The molecule has 0 radical (unpaired) electrons. The third kappa shape index (κ3) is 4.29. The van der Waals surface area contributed by atoms with Gasteiger partial charge in [0.2, 0.25) is 11.8 Å². The van der Waals surface area contributed by atoms with Gasteiger partial charge < -0.3 is 4.74 Å². The van der Waals surface area contributed by atoms with Gasteiger partial charge in [0.1, 0.15) is 5.02 Å². The highest BCUT2D eigenvalue weighted by Crippen LogP contribution is 2.38. The van der Waals surface area contributed by atoms with Crippen LogP contribution in [0.5, 0.6) is 5.88 Å². The molecule has 0 bridgehead atoms. The van der Waals surface area contributed by atoms with Crippen molar-refractivity contribution in [1.82, 2.24) is 4.98 Å². The van der Waals surface area contributed by atoms with Gasteiger partial charge >= 0.3 is 0 Å². The molecule has 0 aromatic carbocycles. The van der Waals surface area contributed by atoms with Gasteiger partial charge in [-0.05, 0) is 60.5 Å². The van der Waals surface area contributed by atoms with E-state index in [2.05, 4.69) is 20.9 Å². The highest BCUT2D eigenvalue weighted by Gasteiger charge is 2.36. The molecule has 2 rings (SSSR count). The van der Waals surface area contributed by atoms with E-state index in [0.29, 0.717) is 36.3 Å². The average Bonchev–Trinajstić information content (AvgIpc) is 2.37. The number of halogens is 4. The molecule has 1 heterocycles. The van der Waals surface area contributed by atoms with E-state index in [9.17, 15) is 8.78 Å². The molecular formula is C14H17BrClF2NO. The summed E-state index contributed by atoms with van der Waals surface area (Å²) in [5, 5.41) is 0.452. The number of ether oxygens (including phenoxy) is 1. The van der Waals surface area contributed by atoms with Gasteiger partial charge in [0.25, 0.3) is 0 Å². The van der Waals surface area contributed by atoms with Crippen molar-refractivity contribution in [2.75, 3.05) is 6.61 Å². The van der Waals surface area contributed by atoms with Gasteiger partial charge in [-0.3, -0.25) is 0 Å². The van der Waals surface area contributed by atoms with Gasteiger partial charge in [0.15, 0.2) is 0 Å². The molecule has 1 saturated carbocycles. The summed E-state index contributed by atoms with van der Waals surface area (Å²) in [5.74, 6) is -2.36. The maximum atomic E-state index is 13.2. The molecule has 0 spiro atoms. The maximum Gasteiger partial charge on any atom is 0.248 e. The smallest absolute Gasteiger partial charge is 0.248 e. The number of rotatable bonds is 4. The summed E-state index contributed by atoms with van der Waals surface area (Å²) in [6, 6.07) is 1.72. The van der Waals surface area contributed by atoms with E-state index in [1.165, 1.54) is 0 Å². The van der Waals surface area contributed by atoms with E-state index in [-0.39, 0.29) is 0 Å². The Morgan fingerprint density at radius 2 is 2.05 bits per heavy atom. The van der Waals surface area contributed by atoms with E-state index in [1.54, 1.807) is 12.3 Å². The predicted octanol–water partition coefficient (Wildman–Crippen LogP) is 5.34. The molecule has 0 saturated heterocycles. The Morgan fingerprint density at radius 3 is 2.60 bits per heavy atom. The number of nitrogens with zero attached hydrogens (tertiary/aromatic N) is 1. The number of alkyl halides is 2. The Morgan fingerprint density at radius 1 is 1.40 bits per heavy atom. The molecule has 0 atom stereocenters. The minimum atomic E-state index is -2.57. The molecule has 1 aromatic heterocycles. The molecule has 20 heavy (non-hydrogen) atoms. The van der Waals surface area contributed by atoms with Crippen molar-refractivity contribution in [2.45, 2.75) is 38.5 Å². The molecular weight excluding hydrogens is 352 g/mol. The van der Waals surface area contributed by atoms with Crippen molar-refractivity contribution in [1.29, 1.82) is 0 Å². The second kappa shape index (κ2) is 6.56. The first-order valence-corrected chi connectivity index (χ1v) is 7.85. The first-order chi connectivity index (χ1) is 9.36. The van der Waals surface area contributed by atoms with Gasteiger partial charge in [-0.25, -0.2) is 13.8 Å². The molecule has 0 amide bonds. The molecule has 2 nitrogen and oxygen atoms in total. The average molecular weight is 369 g/mol. The van der Waals surface area contributed by atoms with Gasteiger partial charge in [-0.1, -0.05) is 11.6 Å². The zero-order valence-electron chi connectivity index (χ0n) is 11.2. The Balaban J connectivity index is 1.82. The Labute approximate surface area is 131 Å². The lowest BCUT2D eigenvalue weighted by Crippen LogP contribution is -2.30. The standard InChI is InChI=1S/C14H17BrClF2NO/c1-14(17,18)10-4-2-9(3-5-10)8-20-13-12(16)6-11(15)7-19-13/h6-7,9-10H,2-5,8H2,1H3. The molecule has 0 N–H and O–H groups in total. The fraction of sp³-hybridized carbons (Fsp3) is 0.643. The predicted molar refractivity (Wildman–Crippen MR) is 78.5 cm³/mol. The van der Waals surface area contributed by atoms with Crippen LogP contribution in [0.4, 0.5) is 8.78 Å². The van der Waals surface area contributed by atoms with Crippen molar-refractivity contribution in [3.63, 3.8) is 0 Å². The highest BCUT2D eigenvalue weighted by molar-refractivity contribution is 9.10. The lowest BCUT2D eigenvalue weighted by Gasteiger charge is -2.31. The van der Waals surface area contributed by atoms with Crippen molar-refractivity contribution in [2.24, 2.45) is 11.8 Å². The topological polar surface area (TPSA) is 22.1 Å². The Bertz CT molecular complexity index is 459. The monoisotopic (exact) mass is 367 g/mol. The van der Waals surface area contributed by atoms with Crippen LogP contribution in [0.15, 0.2) is 16.7 Å². The minimum absolute atomic E-state index is 0.301. The van der Waals surface area contributed by atoms with Crippen LogP contribution < -0.4 is 4.74 Å². The molecule has 0 unspecified atom stereocenters. The van der Waals surface area contributed by atoms with Crippen LogP contribution in [0.3, 0.4) is 0 Å². The molecule has 6 heteroatoms. The first-order valence-electron chi connectivity index (χ1n) is 6.68. The molecule has 112 valence electrons. The molecule has 1 aliphatic rings. The molecule has 0 aliphatic heterocycles. The van der Waals surface area contributed by atoms with E-state index in [0.717, 1.165) is 24.2 Å². The Hall–Kier alpha value is -0.420. The Kier molecular flexibility index (Phi) is 5.24. The normalized spacial score (nSPS) is 23.6. The van der Waals surface area contributed by atoms with Gasteiger partial charge in [0, 0.05) is 16.6 Å². The summed E-state index contributed by atoms with van der Waals surface area (Å²) in [5.41, 5.74) is 0. The van der Waals surface area contributed by atoms with E-state index in [1.807, 2.05) is 0 Å². The van der Waals surface area contributed by atoms with E-state index >= 15 is 0 Å². The first kappa shape index (κ1) is 16.0. The van der Waals surface area contributed by atoms with Crippen molar-refractivity contribution in [3.8, 4) is 5.88 Å². The third-order valence-electron chi connectivity index (χ3n) is 3.79. The summed E-state index contributed by atoms with van der Waals surface area (Å²) in [7, 11) is 0. The van der Waals surface area contributed by atoms with Crippen molar-refractivity contribution >= 4 is 27.5 Å². The van der Waals surface area contributed by atoms with Crippen LogP contribution in [0.2, 0.25) is 5.02 Å². The fourth-order valence-corrected chi connectivity index (χ4v) is 3.23.